The van der Waals surface area contributed by atoms with Crippen LogP contribution in [0.3, 0.4) is 0 Å². The second-order valence-electron chi connectivity index (χ2n) is 16.8. The fourth-order valence-corrected chi connectivity index (χ4v) is 8.52. The first-order chi connectivity index (χ1) is 33.9. The van der Waals surface area contributed by atoms with E-state index < -0.39 is 35.1 Å². The monoisotopic (exact) mass is 975 g/mol. The zero-order chi connectivity index (χ0) is 48.8. The van der Waals surface area contributed by atoms with E-state index in [1.165, 1.54) is 42.0 Å². The molecule has 14 heteroatoms. The Morgan fingerprint density at radius 2 is 1.06 bits per heavy atom. The number of aliphatic carboxylic acids is 2. The fourth-order valence-electron chi connectivity index (χ4n) is 8.52. The molecular formula is C58H44FN3Na2O8. The van der Waals surface area contributed by atoms with Gasteiger partial charge in [-0.3, -0.25) is 9.59 Å². The third-order valence-electron chi connectivity index (χ3n) is 12.3. The average molecular weight is 976 g/mol. The van der Waals surface area contributed by atoms with Crippen molar-refractivity contribution in [2.24, 2.45) is 0 Å². The normalized spacial score (nSPS) is 12.1. The van der Waals surface area contributed by atoms with Gasteiger partial charge in [0.25, 0.3) is 0 Å². The number of carboxylic acids is 2. The molecule has 1 heterocycles. The molecular weight excluding hydrogens is 932 g/mol. The van der Waals surface area contributed by atoms with Crippen molar-refractivity contribution in [3.8, 4) is 17.2 Å². The summed E-state index contributed by atoms with van der Waals surface area (Å²) in [5.74, 6) is -2.63. The fraction of sp³-hybridized carbons (Fsp3) is 0.103. The first-order valence-corrected chi connectivity index (χ1v) is 22.5. The van der Waals surface area contributed by atoms with Gasteiger partial charge >= 0.3 is 59.1 Å². The number of benzene rings is 8. The Hall–Kier alpha value is -7.03. The van der Waals surface area contributed by atoms with Crippen LogP contribution in [0.4, 0.5) is 15.8 Å². The number of anilines is 2. The molecule has 8 aromatic carbocycles. The number of carbonyl (C=O) groups is 4. The second-order valence-corrected chi connectivity index (χ2v) is 16.8. The SMILES string of the molecule is CC(Nc1ccccc1C(=O)c1ccc(F)cc1)(C(=O)[O-])c1ccc(Oc2ccc(C(=O)c3ccccc3NC(Cc3ccc(OCCn4c5ccccc5c5ccccc54)cc3)C(=O)[O-])cc2)cc1.[Na+].[Na+]. The van der Waals surface area contributed by atoms with Gasteiger partial charge in [-0.05, 0) is 134 Å². The first kappa shape index (κ1) is 52.8. The number of hydrogen-bond acceptors (Lipinski definition) is 10. The van der Waals surface area contributed by atoms with Crippen molar-refractivity contribution in [3.63, 3.8) is 0 Å². The van der Waals surface area contributed by atoms with Gasteiger partial charge in [0.2, 0.25) is 0 Å². The molecule has 348 valence electrons. The minimum atomic E-state index is -1.79. The summed E-state index contributed by atoms with van der Waals surface area (Å²) in [6.45, 7) is 2.49. The van der Waals surface area contributed by atoms with E-state index in [9.17, 15) is 33.8 Å². The molecule has 2 N–H and O–H groups in total. The number of nitrogens with one attached hydrogen (secondary N) is 2. The average Bonchev–Trinajstić information content (AvgIpc) is 3.70. The van der Waals surface area contributed by atoms with E-state index in [0.29, 0.717) is 47.2 Å². The summed E-state index contributed by atoms with van der Waals surface area (Å²) in [5.41, 5.74) is 3.10. The van der Waals surface area contributed by atoms with Crippen LogP contribution >= 0.6 is 0 Å². The van der Waals surface area contributed by atoms with E-state index in [0.717, 1.165) is 16.6 Å². The maximum Gasteiger partial charge on any atom is 1.00 e. The standard InChI is InChI=1S/C58H46FN3O8.2Na/c1-58(57(67)68,61-50-15-7-3-13-48(50)55(64)38-20-26-41(59)27-21-38)40-24-32-44(33-25-40)70-43-30-22-39(23-31-43)54(63)47-12-2-6-14-49(47)60-51(56(65)66)36-37-18-28-42(29-19-37)69-35-34-62-52-16-8-4-10-45(52)46-11-5-9-17-53(46)62;;/h2-33,51,60-61H,34-36H2,1H3,(H,65,66)(H,67,68);;/q;2*+1/p-2. The number of hydrogen-bond donors (Lipinski definition) is 2. The molecule has 0 amide bonds. The van der Waals surface area contributed by atoms with E-state index in [1.54, 1.807) is 97.1 Å². The molecule has 1 aromatic heterocycles. The predicted octanol–water partition coefficient (Wildman–Crippen LogP) is 3.13. The van der Waals surface area contributed by atoms with Crippen LogP contribution < -0.4 is 89.4 Å². The van der Waals surface area contributed by atoms with Crippen LogP contribution in [-0.4, -0.2) is 40.7 Å². The second kappa shape index (κ2) is 23.5. The molecule has 0 aliphatic rings. The van der Waals surface area contributed by atoms with Crippen LogP contribution in [-0.2, 0) is 28.1 Å². The molecule has 0 aliphatic heterocycles. The number of ketones is 2. The van der Waals surface area contributed by atoms with Crippen LogP contribution in [0.25, 0.3) is 21.8 Å². The number of carbonyl (C=O) groups excluding carboxylic acids is 4. The van der Waals surface area contributed by atoms with Crippen molar-refractivity contribution >= 4 is 56.7 Å². The van der Waals surface area contributed by atoms with Crippen molar-refractivity contribution in [1.29, 1.82) is 0 Å². The Bertz CT molecular complexity index is 3330. The Labute approximate surface area is 459 Å². The quantitative estimate of drug-likeness (QED) is 0.0911. The number of nitrogens with zero attached hydrogens (tertiary/aromatic N) is 1. The molecule has 0 saturated heterocycles. The van der Waals surface area contributed by atoms with Crippen molar-refractivity contribution < 1.29 is 102 Å². The number of ether oxygens (including phenoxy) is 2. The smallest absolute Gasteiger partial charge is 0.548 e. The Balaban J connectivity index is 0.00000380. The van der Waals surface area contributed by atoms with Crippen molar-refractivity contribution in [3.05, 3.63) is 233 Å². The Morgan fingerprint density at radius 3 is 1.61 bits per heavy atom. The van der Waals surface area contributed by atoms with Crippen LogP contribution in [0.15, 0.2) is 194 Å². The first-order valence-electron chi connectivity index (χ1n) is 22.5. The van der Waals surface area contributed by atoms with Crippen LogP contribution in [0.2, 0.25) is 0 Å². The van der Waals surface area contributed by atoms with Gasteiger partial charge in [0, 0.05) is 55.4 Å². The van der Waals surface area contributed by atoms with Gasteiger partial charge in [-0.15, -0.1) is 0 Å². The molecule has 0 saturated carbocycles. The summed E-state index contributed by atoms with van der Waals surface area (Å²) in [6, 6.07) is 53.5. The molecule has 72 heavy (non-hydrogen) atoms. The third kappa shape index (κ3) is 11.7. The summed E-state index contributed by atoms with van der Waals surface area (Å²) in [5, 5.41) is 33.5. The third-order valence-corrected chi connectivity index (χ3v) is 12.3. The van der Waals surface area contributed by atoms with E-state index in [1.807, 2.05) is 48.5 Å². The molecule has 9 aromatic rings. The van der Waals surface area contributed by atoms with Crippen molar-refractivity contribution in [2.45, 2.75) is 31.5 Å². The topological polar surface area (TPSA) is 162 Å². The van der Waals surface area contributed by atoms with Gasteiger partial charge in [-0.2, -0.15) is 0 Å². The molecule has 2 atom stereocenters. The van der Waals surface area contributed by atoms with E-state index in [-0.39, 0.29) is 93.7 Å². The molecule has 0 fully saturated rings. The summed E-state index contributed by atoms with van der Waals surface area (Å²) >= 11 is 0. The van der Waals surface area contributed by atoms with Gasteiger partial charge in [-0.1, -0.05) is 84.9 Å². The summed E-state index contributed by atoms with van der Waals surface area (Å²) in [7, 11) is 0. The molecule has 0 radical (unpaired) electrons. The van der Waals surface area contributed by atoms with Crippen molar-refractivity contribution in [2.75, 3.05) is 17.2 Å². The van der Waals surface area contributed by atoms with Gasteiger partial charge < -0.3 is 44.5 Å². The summed E-state index contributed by atoms with van der Waals surface area (Å²) in [4.78, 5) is 52.4. The largest absolute Gasteiger partial charge is 1.00 e. The molecule has 9 rings (SSSR count). The van der Waals surface area contributed by atoms with Gasteiger partial charge in [0.1, 0.15) is 29.7 Å². The zero-order valence-electron chi connectivity index (χ0n) is 39.8. The zero-order valence-corrected chi connectivity index (χ0v) is 43.8. The van der Waals surface area contributed by atoms with E-state index in [4.69, 9.17) is 9.47 Å². The van der Waals surface area contributed by atoms with Crippen LogP contribution in [0.5, 0.6) is 17.2 Å². The minimum absolute atomic E-state index is 0. The van der Waals surface area contributed by atoms with Crippen LogP contribution in [0.1, 0.15) is 49.9 Å². The predicted molar refractivity (Wildman–Crippen MR) is 263 cm³/mol. The Kier molecular flexibility index (Phi) is 17.2. The van der Waals surface area contributed by atoms with E-state index >= 15 is 0 Å². The van der Waals surface area contributed by atoms with Gasteiger partial charge in [0.05, 0.1) is 30.1 Å². The summed E-state index contributed by atoms with van der Waals surface area (Å²) < 4.78 is 28.0. The van der Waals surface area contributed by atoms with Crippen molar-refractivity contribution in [1.82, 2.24) is 4.57 Å². The molecule has 0 spiro atoms. The number of para-hydroxylation sites is 4. The Morgan fingerprint density at radius 1 is 0.583 bits per heavy atom. The van der Waals surface area contributed by atoms with Gasteiger partial charge in [-0.25, -0.2) is 4.39 Å². The molecule has 0 bridgehead atoms. The number of fused-ring (bicyclic) bond motifs is 3. The molecule has 0 aliphatic carbocycles. The number of rotatable bonds is 19. The maximum absolute atomic E-state index is 13.9. The molecule has 11 nitrogen and oxygen atoms in total. The maximum atomic E-state index is 13.9. The number of halogens is 1. The van der Waals surface area contributed by atoms with E-state index in [2.05, 4.69) is 39.5 Å². The number of carboxylic acid groups (broad SMARTS) is 2. The summed E-state index contributed by atoms with van der Waals surface area (Å²) in [6.07, 6.45) is 0.0796. The molecule has 2 unspecified atom stereocenters. The number of aromatic nitrogens is 1. The van der Waals surface area contributed by atoms with Gasteiger partial charge in [0.15, 0.2) is 11.6 Å². The van der Waals surface area contributed by atoms with Crippen LogP contribution in [0, 0.1) is 5.82 Å². The minimum Gasteiger partial charge on any atom is -0.548 e.